The number of sulfone groups is 1. The van der Waals surface area contributed by atoms with E-state index in [1.54, 1.807) is 13.0 Å². The molecule has 120 valence electrons. The summed E-state index contributed by atoms with van der Waals surface area (Å²) in [5.74, 6) is 2.10. The van der Waals surface area contributed by atoms with Crippen LogP contribution in [-0.2, 0) is 21.2 Å². The highest BCUT2D eigenvalue weighted by molar-refractivity contribution is 7.91. The molecular formula is C13H24N4O3S. The van der Waals surface area contributed by atoms with Gasteiger partial charge in [-0.25, -0.2) is 18.4 Å². The van der Waals surface area contributed by atoms with Crippen LogP contribution in [0.1, 0.15) is 26.6 Å². The summed E-state index contributed by atoms with van der Waals surface area (Å²) >= 11 is 0. The lowest BCUT2D eigenvalue weighted by molar-refractivity contribution is 0.128. The Balaban J connectivity index is 2.72. The number of ether oxygens (including phenoxy) is 1. The summed E-state index contributed by atoms with van der Waals surface area (Å²) in [6, 6.07) is 1.76. The second-order valence-corrected chi connectivity index (χ2v) is 6.86. The van der Waals surface area contributed by atoms with Crippen LogP contribution in [-0.4, -0.2) is 49.6 Å². The minimum atomic E-state index is -2.98. The largest absolute Gasteiger partial charge is 0.374 e. The van der Waals surface area contributed by atoms with Crippen molar-refractivity contribution in [2.24, 2.45) is 0 Å². The van der Waals surface area contributed by atoms with Gasteiger partial charge in [-0.15, -0.1) is 0 Å². The molecule has 1 aromatic rings. The molecule has 0 fully saturated rings. The fourth-order valence-corrected chi connectivity index (χ4v) is 2.30. The molecule has 0 bridgehead atoms. The topological polar surface area (TPSA) is 93.2 Å². The molecule has 1 rings (SSSR count). The van der Waals surface area contributed by atoms with Crippen LogP contribution in [0.2, 0.25) is 0 Å². The molecule has 0 aliphatic carbocycles. The van der Waals surface area contributed by atoms with Gasteiger partial charge in [0.05, 0.1) is 5.75 Å². The van der Waals surface area contributed by atoms with Gasteiger partial charge < -0.3 is 15.4 Å². The zero-order valence-corrected chi connectivity index (χ0v) is 13.7. The molecular weight excluding hydrogens is 292 g/mol. The van der Waals surface area contributed by atoms with Crippen molar-refractivity contribution in [1.29, 1.82) is 0 Å². The van der Waals surface area contributed by atoms with E-state index in [1.165, 1.54) is 0 Å². The van der Waals surface area contributed by atoms with Gasteiger partial charge in [0.15, 0.2) is 15.7 Å². The highest BCUT2D eigenvalue weighted by atomic mass is 32.2. The van der Waals surface area contributed by atoms with Gasteiger partial charge in [0.1, 0.15) is 18.2 Å². The summed E-state index contributed by atoms with van der Waals surface area (Å²) in [5, 5.41) is 6.14. The molecule has 0 amide bonds. The Hall–Kier alpha value is -1.41. The normalized spacial score (nSPS) is 11.4. The standard InChI is InChI=1S/C13H24N4O3S/c1-4-14-11-9-12(15-7-8-21(18,19)6-3)17-13(16-11)10-20-5-2/h9H,4-8,10H2,1-3H3,(H2,14,15,16,17). The van der Waals surface area contributed by atoms with Gasteiger partial charge in [-0.1, -0.05) is 6.92 Å². The Kier molecular flexibility index (Phi) is 7.38. The third-order valence-electron chi connectivity index (χ3n) is 2.72. The second kappa shape index (κ2) is 8.78. The van der Waals surface area contributed by atoms with Crippen molar-refractivity contribution in [3.05, 3.63) is 11.9 Å². The zero-order chi connectivity index (χ0) is 15.7. The van der Waals surface area contributed by atoms with Gasteiger partial charge in [0, 0.05) is 31.5 Å². The summed E-state index contributed by atoms with van der Waals surface area (Å²) in [5.41, 5.74) is 0. The van der Waals surface area contributed by atoms with E-state index in [0.717, 1.165) is 6.54 Å². The molecule has 2 N–H and O–H groups in total. The van der Waals surface area contributed by atoms with E-state index in [0.29, 0.717) is 37.2 Å². The van der Waals surface area contributed by atoms with Gasteiger partial charge >= 0.3 is 0 Å². The van der Waals surface area contributed by atoms with Crippen molar-refractivity contribution >= 4 is 21.5 Å². The SMILES string of the molecule is CCNc1cc(NCCS(=O)(=O)CC)nc(COCC)n1. The van der Waals surface area contributed by atoms with Crippen molar-refractivity contribution in [3.63, 3.8) is 0 Å². The molecule has 0 aromatic carbocycles. The molecule has 0 aliphatic heterocycles. The minimum Gasteiger partial charge on any atom is -0.374 e. The highest BCUT2D eigenvalue weighted by Gasteiger charge is 2.08. The van der Waals surface area contributed by atoms with Crippen molar-refractivity contribution in [2.45, 2.75) is 27.4 Å². The fourth-order valence-electron chi connectivity index (χ4n) is 1.60. The number of anilines is 2. The molecule has 0 radical (unpaired) electrons. The Morgan fingerprint density at radius 3 is 2.38 bits per heavy atom. The highest BCUT2D eigenvalue weighted by Crippen LogP contribution is 2.12. The Bertz CT molecular complexity index is 534. The summed E-state index contributed by atoms with van der Waals surface area (Å²) < 4.78 is 28.2. The van der Waals surface area contributed by atoms with E-state index in [4.69, 9.17) is 4.74 Å². The summed E-state index contributed by atoms with van der Waals surface area (Å²) in [6.07, 6.45) is 0. The average molecular weight is 316 g/mol. The maximum atomic E-state index is 11.5. The number of nitrogens with one attached hydrogen (secondary N) is 2. The predicted molar refractivity (Wildman–Crippen MR) is 84.3 cm³/mol. The van der Waals surface area contributed by atoms with Crippen molar-refractivity contribution in [2.75, 3.05) is 41.8 Å². The number of hydrogen-bond donors (Lipinski definition) is 2. The molecule has 21 heavy (non-hydrogen) atoms. The molecule has 0 saturated heterocycles. The molecule has 7 nitrogen and oxygen atoms in total. The van der Waals surface area contributed by atoms with Crippen LogP contribution in [0.15, 0.2) is 6.07 Å². The third kappa shape index (κ3) is 6.72. The summed E-state index contributed by atoms with van der Waals surface area (Å²) in [6.45, 7) is 7.52. The van der Waals surface area contributed by atoms with Gasteiger partial charge in [0.2, 0.25) is 0 Å². The first-order valence-electron chi connectivity index (χ1n) is 7.14. The maximum Gasteiger partial charge on any atom is 0.158 e. The molecule has 8 heteroatoms. The van der Waals surface area contributed by atoms with Crippen LogP contribution in [0.5, 0.6) is 0 Å². The van der Waals surface area contributed by atoms with Gasteiger partial charge in [0.25, 0.3) is 0 Å². The van der Waals surface area contributed by atoms with Crippen LogP contribution in [0.4, 0.5) is 11.6 Å². The first-order valence-corrected chi connectivity index (χ1v) is 8.96. The Morgan fingerprint density at radius 2 is 1.81 bits per heavy atom. The monoisotopic (exact) mass is 316 g/mol. The van der Waals surface area contributed by atoms with Crippen molar-refractivity contribution in [3.8, 4) is 0 Å². The number of aromatic nitrogens is 2. The Morgan fingerprint density at radius 1 is 1.14 bits per heavy atom. The van der Waals surface area contributed by atoms with E-state index in [2.05, 4.69) is 20.6 Å². The zero-order valence-electron chi connectivity index (χ0n) is 12.8. The lowest BCUT2D eigenvalue weighted by Crippen LogP contribution is -2.18. The number of rotatable bonds is 10. The van der Waals surface area contributed by atoms with E-state index < -0.39 is 9.84 Å². The van der Waals surface area contributed by atoms with Crippen molar-refractivity contribution < 1.29 is 13.2 Å². The minimum absolute atomic E-state index is 0.0881. The number of nitrogens with zero attached hydrogens (tertiary/aromatic N) is 2. The fraction of sp³-hybridized carbons (Fsp3) is 0.692. The van der Waals surface area contributed by atoms with Crippen LogP contribution in [0.3, 0.4) is 0 Å². The maximum absolute atomic E-state index is 11.5. The van der Waals surface area contributed by atoms with E-state index in [9.17, 15) is 8.42 Å². The molecule has 0 aliphatic rings. The Labute approximate surface area is 126 Å². The van der Waals surface area contributed by atoms with E-state index >= 15 is 0 Å². The first kappa shape index (κ1) is 17.6. The van der Waals surface area contributed by atoms with Gasteiger partial charge in [-0.05, 0) is 13.8 Å². The van der Waals surface area contributed by atoms with Crippen LogP contribution in [0.25, 0.3) is 0 Å². The molecule has 1 aromatic heterocycles. The van der Waals surface area contributed by atoms with Crippen molar-refractivity contribution in [1.82, 2.24) is 9.97 Å². The van der Waals surface area contributed by atoms with Gasteiger partial charge in [-0.2, -0.15) is 0 Å². The van der Waals surface area contributed by atoms with E-state index in [1.807, 2.05) is 13.8 Å². The molecule has 0 unspecified atom stereocenters. The number of hydrogen-bond acceptors (Lipinski definition) is 7. The van der Waals surface area contributed by atoms with E-state index in [-0.39, 0.29) is 11.5 Å². The lowest BCUT2D eigenvalue weighted by Gasteiger charge is -2.10. The second-order valence-electron chi connectivity index (χ2n) is 4.39. The molecule has 1 heterocycles. The van der Waals surface area contributed by atoms with Crippen LogP contribution >= 0.6 is 0 Å². The molecule has 0 spiro atoms. The third-order valence-corrected chi connectivity index (χ3v) is 4.43. The predicted octanol–water partition coefficient (Wildman–Crippen LogP) is 1.29. The van der Waals surface area contributed by atoms with Crippen LogP contribution in [0, 0.1) is 0 Å². The molecule has 0 atom stereocenters. The quantitative estimate of drug-likeness (QED) is 0.672. The molecule has 0 saturated carbocycles. The van der Waals surface area contributed by atoms with Crippen LogP contribution < -0.4 is 10.6 Å². The summed E-state index contributed by atoms with van der Waals surface area (Å²) in [4.78, 5) is 8.64. The average Bonchev–Trinajstić information content (AvgIpc) is 2.45. The summed E-state index contributed by atoms with van der Waals surface area (Å²) in [7, 11) is -2.98. The van der Waals surface area contributed by atoms with Gasteiger partial charge in [-0.3, -0.25) is 0 Å². The first-order chi connectivity index (χ1) is 10.0. The lowest BCUT2D eigenvalue weighted by atomic mass is 10.4. The smallest absolute Gasteiger partial charge is 0.158 e.